The number of benzene rings is 2. The fourth-order valence-electron chi connectivity index (χ4n) is 1.98. The molecule has 2 aromatic carbocycles. The van der Waals surface area contributed by atoms with Gasteiger partial charge in [0.2, 0.25) is 0 Å². The molecule has 0 fully saturated rings. The summed E-state index contributed by atoms with van der Waals surface area (Å²) in [5, 5.41) is 0. The van der Waals surface area contributed by atoms with Gasteiger partial charge in [0.25, 0.3) is 0 Å². The molecule has 2 rings (SSSR count). The van der Waals surface area contributed by atoms with Crippen LogP contribution < -0.4 is 9.47 Å². The number of esters is 1. The van der Waals surface area contributed by atoms with Crippen LogP contribution in [0.3, 0.4) is 0 Å². The highest BCUT2D eigenvalue weighted by Crippen LogP contribution is 2.21. The van der Waals surface area contributed by atoms with Crippen LogP contribution in [0.25, 0.3) is 0 Å². The maximum atomic E-state index is 12.1. The zero-order chi connectivity index (χ0) is 15.2. The number of carbonyl (C=O) groups excluding carboxylic acids is 1. The summed E-state index contributed by atoms with van der Waals surface area (Å²) in [6.45, 7) is 6.66. The summed E-state index contributed by atoms with van der Waals surface area (Å²) in [5.74, 6) is 1.00. The summed E-state index contributed by atoms with van der Waals surface area (Å²) in [6.07, 6.45) is 0.955. The van der Waals surface area contributed by atoms with E-state index in [2.05, 4.69) is 6.92 Å². The maximum Gasteiger partial charge on any atom is 0.343 e. The molecule has 0 radical (unpaired) electrons. The van der Waals surface area contributed by atoms with Gasteiger partial charge in [0, 0.05) is 0 Å². The minimum atomic E-state index is -0.357. The highest BCUT2D eigenvalue weighted by Gasteiger charge is 2.10. The Balaban J connectivity index is 2.06. The number of aryl methyl sites for hydroxylation is 2. The molecule has 21 heavy (non-hydrogen) atoms. The van der Waals surface area contributed by atoms with Gasteiger partial charge in [-0.05, 0) is 56.2 Å². The molecule has 0 saturated heterocycles. The minimum absolute atomic E-state index is 0.357. The summed E-state index contributed by atoms with van der Waals surface area (Å²) in [5.41, 5.74) is 2.61. The highest BCUT2D eigenvalue weighted by molar-refractivity contribution is 5.91. The third-order valence-electron chi connectivity index (χ3n) is 3.10. The molecule has 0 atom stereocenters. The van der Waals surface area contributed by atoms with E-state index >= 15 is 0 Å². The van der Waals surface area contributed by atoms with Crippen molar-refractivity contribution in [1.82, 2.24) is 0 Å². The van der Waals surface area contributed by atoms with Gasteiger partial charge in [-0.1, -0.05) is 24.6 Å². The molecule has 0 saturated carbocycles. The molecule has 0 aliphatic heterocycles. The van der Waals surface area contributed by atoms with E-state index < -0.39 is 0 Å². The van der Waals surface area contributed by atoms with Gasteiger partial charge in [-0.25, -0.2) is 4.79 Å². The molecular weight excluding hydrogens is 264 g/mol. The van der Waals surface area contributed by atoms with Crippen LogP contribution in [0, 0.1) is 13.8 Å². The number of hydrogen-bond donors (Lipinski definition) is 0. The minimum Gasteiger partial charge on any atom is -0.494 e. The van der Waals surface area contributed by atoms with Crippen LogP contribution in [0.15, 0.2) is 42.5 Å². The molecule has 0 N–H and O–H groups in total. The van der Waals surface area contributed by atoms with Gasteiger partial charge < -0.3 is 9.47 Å². The van der Waals surface area contributed by atoms with E-state index in [0.717, 1.165) is 23.3 Å². The Morgan fingerprint density at radius 3 is 2.38 bits per heavy atom. The second-order valence-corrected chi connectivity index (χ2v) is 5.03. The quantitative estimate of drug-likeness (QED) is 0.606. The van der Waals surface area contributed by atoms with E-state index in [1.54, 1.807) is 24.3 Å². The molecule has 3 heteroatoms. The average Bonchev–Trinajstić information content (AvgIpc) is 2.48. The molecule has 3 nitrogen and oxygen atoms in total. The second-order valence-electron chi connectivity index (χ2n) is 5.03. The van der Waals surface area contributed by atoms with E-state index in [9.17, 15) is 4.79 Å². The van der Waals surface area contributed by atoms with Crippen molar-refractivity contribution in [1.29, 1.82) is 0 Å². The van der Waals surface area contributed by atoms with Crippen LogP contribution in [-0.4, -0.2) is 12.6 Å². The first kappa shape index (κ1) is 15.1. The zero-order valence-corrected chi connectivity index (χ0v) is 12.7. The average molecular weight is 284 g/mol. The number of carbonyl (C=O) groups is 1. The molecule has 0 spiro atoms. The summed E-state index contributed by atoms with van der Waals surface area (Å²) in [4.78, 5) is 12.1. The van der Waals surface area contributed by atoms with Crippen LogP contribution in [0.5, 0.6) is 11.5 Å². The Kier molecular flexibility index (Phi) is 4.99. The molecule has 0 aliphatic rings. The lowest BCUT2D eigenvalue weighted by Gasteiger charge is -2.09. The predicted molar refractivity (Wildman–Crippen MR) is 83.1 cm³/mol. The molecule has 0 amide bonds. The van der Waals surface area contributed by atoms with Crippen LogP contribution in [-0.2, 0) is 0 Å². The summed E-state index contributed by atoms with van der Waals surface area (Å²) >= 11 is 0. The Morgan fingerprint density at radius 2 is 1.76 bits per heavy atom. The van der Waals surface area contributed by atoms with Gasteiger partial charge in [-0.3, -0.25) is 0 Å². The molecule has 0 bridgehead atoms. The van der Waals surface area contributed by atoms with Crippen molar-refractivity contribution >= 4 is 5.97 Å². The maximum absolute atomic E-state index is 12.1. The third-order valence-corrected chi connectivity index (χ3v) is 3.10. The Morgan fingerprint density at radius 1 is 1.05 bits per heavy atom. The molecule has 0 aliphatic carbocycles. The van der Waals surface area contributed by atoms with Gasteiger partial charge >= 0.3 is 5.97 Å². The van der Waals surface area contributed by atoms with Crippen molar-refractivity contribution in [3.05, 3.63) is 59.2 Å². The topological polar surface area (TPSA) is 35.5 Å². The van der Waals surface area contributed by atoms with Crippen molar-refractivity contribution in [3.63, 3.8) is 0 Å². The van der Waals surface area contributed by atoms with E-state index in [4.69, 9.17) is 9.47 Å². The van der Waals surface area contributed by atoms with Gasteiger partial charge in [0.1, 0.15) is 11.5 Å². The Bertz CT molecular complexity index is 615. The van der Waals surface area contributed by atoms with Crippen molar-refractivity contribution in [2.24, 2.45) is 0 Å². The number of ether oxygens (including phenoxy) is 2. The van der Waals surface area contributed by atoms with Gasteiger partial charge in [-0.15, -0.1) is 0 Å². The van der Waals surface area contributed by atoms with E-state index in [1.807, 2.05) is 32.0 Å². The fourth-order valence-corrected chi connectivity index (χ4v) is 1.98. The van der Waals surface area contributed by atoms with Gasteiger partial charge in [0.05, 0.1) is 12.2 Å². The molecule has 0 heterocycles. The number of hydrogen-bond acceptors (Lipinski definition) is 3. The fraction of sp³-hybridized carbons (Fsp3) is 0.278. The lowest BCUT2D eigenvalue weighted by atomic mass is 10.1. The smallest absolute Gasteiger partial charge is 0.343 e. The first-order valence-electron chi connectivity index (χ1n) is 7.12. The highest BCUT2D eigenvalue weighted by atomic mass is 16.5. The molecular formula is C18H20O3. The van der Waals surface area contributed by atoms with Crippen LogP contribution in [0.2, 0.25) is 0 Å². The van der Waals surface area contributed by atoms with Crippen molar-refractivity contribution in [2.75, 3.05) is 6.61 Å². The zero-order valence-electron chi connectivity index (χ0n) is 12.7. The van der Waals surface area contributed by atoms with Crippen molar-refractivity contribution < 1.29 is 14.3 Å². The lowest BCUT2D eigenvalue weighted by molar-refractivity contribution is 0.0733. The van der Waals surface area contributed by atoms with E-state index in [0.29, 0.717) is 17.9 Å². The normalized spacial score (nSPS) is 10.2. The van der Waals surface area contributed by atoms with E-state index in [1.165, 1.54) is 0 Å². The first-order valence-corrected chi connectivity index (χ1v) is 7.12. The Labute approximate surface area is 125 Å². The van der Waals surface area contributed by atoms with Gasteiger partial charge in [0.15, 0.2) is 0 Å². The monoisotopic (exact) mass is 284 g/mol. The Hall–Kier alpha value is -2.29. The largest absolute Gasteiger partial charge is 0.494 e. The van der Waals surface area contributed by atoms with E-state index in [-0.39, 0.29) is 5.97 Å². The first-order chi connectivity index (χ1) is 10.1. The number of rotatable bonds is 5. The predicted octanol–water partition coefficient (Wildman–Crippen LogP) is 4.31. The van der Waals surface area contributed by atoms with Crippen LogP contribution in [0.1, 0.15) is 34.8 Å². The van der Waals surface area contributed by atoms with Crippen molar-refractivity contribution in [2.45, 2.75) is 27.2 Å². The van der Waals surface area contributed by atoms with Crippen LogP contribution in [0.4, 0.5) is 0 Å². The summed E-state index contributed by atoms with van der Waals surface area (Å²) < 4.78 is 10.9. The molecule has 2 aromatic rings. The molecule has 0 aromatic heterocycles. The van der Waals surface area contributed by atoms with Crippen molar-refractivity contribution in [3.8, 4) is 11.5 Å². The SMILES string of the molecule is CCCOc1ccc(C(=O)Oc2ccc(C)cc2C)cc1. The summed E-state index contributed by atoms with van der Waals surface area (Å²) in [6, 6.07) is 12.7. The summed E-state index contributed by atoms with van der Waals surface area (Å²) in [7, 11) is 0. The lowest BCUT2D eigenvalue weighted by Crippen LogP contribution is -2.09. The second kappa shape index (κ2) is 6.93. The molecule has 0 unspecified atom stereocenters. The standard InChI is InChI=1S/C18H20O3/c1-4-11-20-16-8-6-15(7-9-16)18(19)21-17-10-5-13(2)12-14(17)3/h5-10,12H,4,11H2,1-3H3. The third kappa shape index (κ3) is 4.09. The molecule has 110 valence electrons. The van der Waals surface area contributed by atoms with Crippen LogP contribution >= 0.6 is 0 Å². The van der Waals surface area contributed by atoms with Gasteiger partial charge in [-0.2, -0.15) is 0 Å².